The maximum absolute atomic E-state index is 12.1. The number of hydrogen-bond donors (Lipinski definition) is 0. The summed E-state index contributed by atoms with van der Waals surface area (Å²) in [5, 5.41) is 0. The molecule has 0 saturated heterocycles. The van der Waals surface area contributed by atoms with Gasteiger partial charge in [-0.1, -0.05) is 36.2 Å². The van der Waals surface area contributed by atoms with Crippen LogP contribution >= 0.6 is 15.9 Å². The van der Waals surface area contributed by atoms with Crippen molar-refractivity contribution in [1.82, 2.24) is 0 Å². The Labute approximate surface area is 106 Å². The van der Waals surface area contributed by atoms with Gasteiger partial charge in [0.25, 0.3) is 0 Å². The number of hydrogen-bond acceptors (Lipinski definition) is 1. The van der Waals surface area contributed by atoms with Crippen molar-refractivity contribution in [3.05, 3.63) is 0 Å². The Balaban J connectivity index is 2.09. The lowest BCUT2D eigenvalue weighted by molar-refractivity contribution is -0.123. The first kappa shape index (κ1) is 11.3. The van der Waals surface area contributed by atoms with Gasteiger partial charge in [-0.15, -0.1) is 0 Å². The lowest BCUT2D eigenvalue weighted by atomic mass is 9.57. The first-order valence-corrected chi connectivity index (χ1v) is 7.41. The molecule has 1 unspecified atom stereocenters. The molecule has 2 heteroatoms. The van der Waals surface area contributed by atoms with E-state index in [9.17, 15) is 4.79 Å². The summed E-state index contributed by atoms with van der Waals surface area (Å²) in [5.41, 5.74) is 0.463. The van der Waals surface area contributed by atoms with Crippen molar-refractivity contribution < 1.29 is 4.79 Å². The van der Waals surface area contributed by atoms with E-state index >= 15 is 0 Å². The number of carbonyl (C=O) groups is 1. The monoisotopic (exact) mass is 284 g/mol. The van der Waals surface area contributed by atoms with Crippen molar-refractivity contribution in [2.75, 3.05) is 0 Å². The van der Waals surface area contributed by atoms with Crippen LogP contribution in [0.15, 0.2) is 0 Å². The second-order valence-electron chi connectivity index (χ2n) is 6.61. The molecule has 0 aromatic carbocycles. The average molecular weight is 285 g/mol. The summed E-state index contributed by atoms with van der Waals surface area (Å²) in [5.74, 6) is 3.10. The minimum atomic E-state index is -0.180. The molecule has 3 saturated carbocycles. The van der Waals surface area contributed by atoms with E-state index in [4.69, 9.17) is 0 Å². The number of fused-ring (bicyclic) bond motifs is 3. The Morgan fingerprint density at radius 2 is 2.00 bits per heavy atom. The van der Waals surface area contributed by atoms with E-state index in [1.165, 1.54) is 25.7 Å². The highest BCUT2D eigenvalue weighted by atomic mass is 79.9. The fourth-order valence-corrected chi connectivity index (χ4v) is 6.76. The van der Waals surface area contributed by atoms with Gasteiger partial charge in [-0.2, -0.15) is 0 Å². The average Bonchev–Trinajstić information content (AvgIpc) is 2.61. The fraction of sp³-hybridized carbons (Fsp3) is 0.929. The van der Waals surface area contributed by atoms with Crippen LogP contribution in [-0.4, -0.2) is 10.1 Å². The standard InChI is InChI=1S/C14H21BrO/c1-8-4-5-10-12(8)14(15,9(2)16)11-6-7-13(10,11)3/h8,10-12H,4-7H2,1-3H3/t8-,10+,11-,12+,13-,14?/m1/s1. The second kappa shape index (κ2) is 3.13. The number of Topliss-reactive ketones (excluding diaryl/α,β-unsaturated/α-hetero) is 1. The first-order valence-electron chi connectivity index (χ1n) is 6.62. The predicted octanol–water partition coefficient (Wildman–Crippen LogP) is 3.80. The molecule has 0 N–H and O–H groups in total. The summed E-state index contributed by atoms with van der Waals surface area (Å²) in [6.45, 7) is 6.57. The maximum atomic E-state index is 12.1. The molecule has 0 aromatic rings. The van der Waals surface area contributed by atoms with Gasteiger partial charge in [-0.3, -0.25) is 4.79 Å². The van der Waals surface area contributed by atoms with E-state index in [2.05, 4.69) is 29.8 Å². The van der Waals surface area contributed by atoms with Crippen LogP contribution in [0.3, 0.4) is 0 Å². The van der Waals surface area contributed by atoms with Crippen molar-refractivity contribution in [2.24, 2.45) is 29.1 Å². The molecule has 16 heavy (non-hydrogen) atoms. The SMILES string of the molecule is CC(=O)C1(Br)[C@H]2[C@H](C)CC[C@@H]2[C@@]2(C)CC[C@@H]12. The van der Waals surface area contributed by atoms with Crippen LogP contribution in [0, 0.1) is 29.1 Å². The van der Waals surface area contributed by atoms with Crippen LogP contribution in [0.25, 0.3) is 0 Å². The van der Waals surface area contributed by atoms with Crippen molar-refractivity contribution in [3.8, 4) is 0 Å². The third-order valence-corrected chi connectivity index (χ3v) is 7.77. The Morgan fingerprint density at radius 3 is 2.50 bits per heavy atom. The van der Waals surface area contributed by atoms with E-state index in [-0.39, 0.29) is 4.32 Å². The van der Waals surface area contributed by atoms with Gasteiger partial charge in [0, 0.05) is 0 Å². The third-order valence-electron chi connectivity index (χ3n) is 6.13. The Hall–Kier alpha value is 0.150. The van der Waals surface area contributed by atoms with Gasteiger partial charge in [0.05, 0.1) is 4.32 Å². The van der Waals surface area contributed by atoms with Crippen LogP contribution in [0.4, 0.5) is 0 Å². The van der Waals surface area contributed by atoms with Crippen LogP contribution in [0.2, 0.25) is 0 Å². The molecule has 0 aromatic heterocycles. The van der Waals surface area contributed by atoms with Gasteiger partial charge in [0.2, 0.25) is 0 Å². The zero-order chi connectivity index (χ0) is 11.7. The highest BCUT2D eigenvalue weighted by Gasteiger charge is 2.71. The van der Waals surface area contributed by atoms with Crippen LogP contribution in [-0.2, 0) is 4.79 Å². The Morgan fingerprint density at radius 1 is 1.31 bits per heavy atom. The third kappa shape index (κ3) is 1.01. The molecule has 0 radical (unpaired) electrons. The van der Waals surface area contributed by atoms with Gasteiger partial charge in [0.1, 0.15) is 5.78 Å². The highest BCUT2D eigenvalue weighted by molar-refractivity contribution is 9.10. The molecule has 3 fully saturated rings. The van der Waals surface area contributed by atoms with Crippen molar-refractivity contribution in [1.29, 1.82) is 0 Å². The molecule has 0 spiro atoms. The van der Waals surface area contributed by atoms with Crippen LogP contribution < -0.4 is 0 Å². The molecule has 1 nitrogen and oxygen atoms in total. The zero-order valence-corrected chi connectivity index (χ0v) is 12.0. The maximum Gasteiger partial charge on any atom is 0.147 e. The zero-order valence-electron chi connectivity index (χ0n) is 10.4. The summed E-state index contributed by atoms with van der Waals surface area (Å²) in [7, 11) is 0. The van der Waals surface area contributed by atoms with Crippen LogP contribution in [0.5, 0.6) is 0 Å². The predicted molar refractivity (Wildman–Crippen MR) is 68.5 cm³/mol. The lowest BCUT2D eigenvalue weighted by Gasteiger charge is -2.49. The number of alkyl halides is 1. The molecule has 3 aliphatic carbocycles. The minimum absolute atomic E-state index is 0.180. The van der Waals surface area contributed by atoms with Gasteiger partial charge >= 0.3 is 0 Å². The minimum Gasteiger partial charge on any atom is -0.298 e. The lowest BCUT2D eigenvalue weighted by Crippen LogP contribution is -2.49. The van der Waals surface area contributed by atoms with Crippen LogP contribution in [0.1, 0.15) is 46.5 Å². The summed E-state index contributed by atoms with van der Waals surface area (Å²) >= 11 is 3.90. The van der Waals surface area contributed by atoms with Gasteiger partial charge in [-0.25, -0.2) is 0 Å². The smallest absolute Gasteiger partial charge is 0.147 e. The fourth-order valence-electron chi connectivity index (χ4n) is 5.24. The molecule has 0 amide bonds. The molecule has 6 atom stereocenters. The molecule has 0 aliphatic heterocycles. The quantitative estimate of drug-likeness (QED) is 0.670. The van der Waals surface area contributed by atoms with E-state index in [1.54, 1.807) is 6.92 Å². The number of carbonyl (C=O) groups excluding carboxylic acids is 1. The first-order chi connectivity index (χ1) is 7.42. The molecule has 90 valence electrons. The van der Waals surface area contributed by atoms with E-state index < -0.39 is 0 Å². The number of halogens is 1. The Bertz CT molecular complexity index is 353. The molecular weight excluding hydrogens is 264 g/mol. The van der Waals surface area contributed by atoms with E-state index in [0.29, 0.717) is 23.0 Å². The van der Waals surface area contributed by atoms with Gasteiger partial charge in [-0.05, 0) is 55.3 Å². The molecule has 0 bridgehead atoms. The van der Waals surface area contributed by atoms with Crippen molar-refractivity contribution in [2.45, 2.75) is 50.8 Å². The summed E-state index contributed by atoms with van der Waals surface area (Å²) < 4.78 is -0.180. The molecule has 0 heterocycles. The number of ketones is 1. The summed E-state index contributed by atoms with van der Waals surface area (Å²) in [6.07, 6.45) is 5.25. The largest absolute Gasteiger partial charge is 0.298 e. The second-order valence-corrected chi connectivity index (χ2v) is 7.92. The van der Waals surface area contributed by atoms with Gasteiger partial charge < -0.3 is 0 Å². The van der Waals surface area contributed by atoms with Crippen molar-refractivity contribution >= 4 is 21.7 Å². The van der Waals surface area contributed by atoms with Gasteiger partial charge in [0.15, 0.2) is 0 Å². The number of rotatable bonds is 1. The highest BCUT2D eigenvalue weighted by Crippen LogP contribution is 2.74. The Kier molecular flexibility index (Phi) is 2.20. The normalized spacial score (nSPS) is 59.0. The summed E-state index contributed by atoms with van der Waals surface area (Å²) in [6, 6.07) is 0. The molecule has 3 aliphatic rings. The molecule has 3 rings (SSSR count). The topological polar surface area (TPSA) is 17.1 Å². The summed E-state index contributed by atoms with van der Waals surface area (Å²) in [4.78, 5) is 12.1. The van der Waals surface area contributed by atoms with Crippen molar-refractivity contribution in [3.63, 3.8) is 0 Å². The molecular formula is C14H21BrO. The van der Waals surface area contributed by atoms with E-state index in [1.807, 2.05) is 0 Å². The van der Waals surface area contributed by atoms with E-state index in [0.717, 1.165) is 11.8 Å².